The van der Waals surface area contributed by atoms with Crippen molar-refractivity contribution in [2.24, 2.45) is 5.73 Å². The highest BCUT2D eigenvalue weighted by molar-refractivity contribution is 7.90. The Morgan fingerprint density at radius 2 is 1.79 bits per heavy atom. The zero-order valence-electron chi connectivity index (χ0n) is 11.1. The van der Waals surface area contributed by atoms with E-state index >= 15 is 0 Å². The van der Waals surface area contributed by atoms with Gasteiger partial charge in [0, 0.05) is 15.8 Å². The van der Waals surface area contributed by atoms with Crippen LogP contribution >= 0.6 is 25.3 Å². The number of hydrogen-bond donors (Lipinski definition) is 3. The van der Waals surface area contributed by atoms with Gasteiger partial charge in [-0.05, 0) is 47.9 Å². The van der Waals surface area contributed by atoms with Gasteiger partial charge in [-0.15, -0.1) is 25.3 Å². The number of rotatable bonds is 1. The summed E-state index contributed by atoms with van der Waals surface area (Å²) >= 11 is 9.29. The van der Waals surface area contributed by atoms with Crippen LogP contribution in [-0.2, 0) is 0 Å². The SMILES string of the molecule is NC1CC=C(S)c2c(C3CCCCC3)ccc(S)c21. The van der Waals surface area contributed by atoms with Crippen molar-refractivity contribution in [3.8, 4) is 0 Å². The molecule has 0 amide bonds. The Kier molecular flexibility index (Phi) is 3.97. The lowest BCUT2D eigenvalue weighted by molar-refractivity contribution is 0.442. The number of fused-ring (bicyclic) bond motifs is 1. The molecule has 0 radical (unpaired) electrons. The minimum absolute atomic E-state index is 0.0712. The smallest absolute Gasteiger partial charge is 0.0347 e. The largest absolute Gasteiger partial charge is 0.324 e. The molecule has 0 aromatic heterocycles. The second-order valence-corrected chi connectivity index (χ2v) is 6.69. The first-order valence-corrected chi connectivity index (χ1v) is 8.08. The standard InChI is InChI=1S/C16H21NS2/c17-12-7-9-13(18)15-11(6-8-14(19)16(12)15)10-4-2-1-3-5-10/h6,8-10,12,18-19H,1-5,7,17H2. The Bertz CT molecular complexity index is 516. The fourth-order valence-electron chi connectivity index (χ4n) is 3.50. The third-order valence-electron chi connectivity index (χ3n) is 4.49. The molecule has 1 saturated carbocycles. The maximum atomic E-state index is 6.28. The van der Waals surface area contributed by atoms with Gasteiger partial charge in [-0.25, -0.2) is 0 Å². The highest BCUT2D eigenvalue weighted by atomic mass is 32.1. The van der Waals surface area contributed by atoms with Gasteiger partial charge in [-0.1, -0.05) is 31.4 Å². The van der Waals surface area contributed by atoms with Gasteiger partial charge in [0.05, 0.1) is 0 Å². The van der Waals surface area contributed by atoms with Crippen molar-refractivity contribution in [1.29, 1.82) is 0 Å². The Labute approximate surface area is 126 Å². The van der Waals surface area contributed by atoms with Crippen LogP contribution in [0.1, 0.15) is 67.2 Å². The van der Waals surface area contributed by atoms with Gasteiger partial charge in [0.2, 0.25) is 0 Å². The van der Waals surface area contributed by atoms with Crippen LogP contribution in [0.25, 0.3) is 4.91 Å². The average Bonchev–Trinajstić information content (AvgIpc) is 2.44. The maximum absolute atomic E-state index is 6.28. The highest BCUT2D eigenvalue weighted by Gasteiger charge is 2.26. The molecular formula is C16H21NS2. The zero-order valence-corrected chi connectivity index (χ0v) is 12.9. The van der Waals surface area contributed by atoms with E-state index in [1.54, 1.807) is 0 Å². The normalized spacial score (nSPS) is 23.9. The molecule has 1 nitrogen and oxygen atoms in total. The number of nitrogens with two attached hydrogens (primary N) is 1. The lowest BCUT2D eigenvalue weighted by Crippen LogP contribution is -2.18. The van der Waals surface area contributed by atoms with Crippen LogP contribution in [-0.4, -0.2) is 0 Å². The van der Waals surface area contributed by atoms with Crippen LogP contribution in [0.15, 0.2) is 23.1 Å². The molecule has 19 heavy (non-hydrogen) atoms. The molecule has 3 rings (SSSR count). The van der Waals surface area contributed by atoms with E-state index in [-0.39, 0.29) is 6.04 Å². The Hall–Kier alpha value is -0.380. The number of thiol groups is 2. The summed E-state index contributed by atoms with van der Waals surface area (Å²) in [5.74, 6) is 0.678. The van der Waals surface area contributed by atoms with Crippen molar-refractivity contribution < 1.29 is 0 Å². The van der Waals surface area contributed by atoms with E-state index in [4.69, 9.17) is 5.73 Å². The van der Waals surface area contributed by atoms with Gasteiger partial charge in [-0.2, -0.15) is 0 Å². The molecular weight excluding hydrogens is 270 g/mol. The number of hydrogen-bond acceptors (Lipinski definition) is 3. The third-order valence-corrected chi connectivity index (χ3v) is 5.29. The number of benzene rings is 1. The lowest BCUT2D eigenvalue weighted by Gasteiger charge is -2.30. The summed E-state index contributed by atoms with van der Waals surface area (Å²) in [5.41, 5.74) is 10.2. The van der Waals surface area contributed by atoms with Crippen LogP contribution in [0.2, 0.25) is 0 Å². The minimum atomic E-state index is 0.0712. The molecule has 2 aliphatic rings. The van der Waals surface area contributed by atoms with E-state index in [0.29, 0.717) is 5.92 Å². The Morgan fingerprint density at radius 1 is 1.05 bits per heavy atom. The maximum Gasteiger partial charge on any atom is 0.0347 e. The van der Waals surface area contributed by atoms with E-state index in [1.807, 2.05) is 0 Å². The molecule has 102 valence electrons. The molecule has 1 aromatic rings. The monoisotopic (exact) mass is 291 g/mol. The fourth-order valence-corrected chi connectivity index (χ4v) is 4.21. The molecule has 3 heteroatoms. The molecule has 0 saturated heterocycles. The first kappa shape index (κ1) is 13.6. The van der Waals surface area contributed by atoms with Crippen LogP contribution in [0.5, 0.6) is 0 Å². The van der Waals surface area contributed by atoms with Crippen LogP contribution in [0, 0.1) is 0 Å². The van der Waals surface area contributed by atoms with E-state index < -0.39 is 0 Å². The molecule has 2 aliphatic carbocycles. The molecule has 1 unspecified atom stereocenters. The molecule has 0 heterocycles. The van der Waals surface area contributed by atoms with E-state index in [1.165, 1.54) is 48.8 Å². The summed E-state index contributed by atoms with van der Waals surface area (Å²) in [4.78, 5) is 2.11. The van der Waals surface area contributed by atoms with Gasteiger partial charge in [-0.3, -0.25) is 0 Å². The van der Waals surface area contributed by atoms with Crippen molar-refractivity contribution in [2.75, 3.05) is 0 Å². The predicted octanol–water partition coefficient (Wildman–Crippen LogP) is 4.70. The van der Waals surface area contributed by atoms with E-state index in [0.717, 1.165) is 16.2 Å². The molecule has 1 aromatic carbocycles. The van der Waals surface area contributed by atoms with Crippen LogP contribution in [0.3, 0.4) is 0 Å². The summed E-state index contributed by atoms with van der Waals surface area (Å²) in [6.45, 7) is 0. The van der Waals surface area contributed by atoms with Gasteiger partial charge >= 0.3 is 0 Å². The van der Waals surface area contributed by atoms with Crippen LogP contribution < -0.4 is 5.73 Å². The van der Waals surface area contributed by atoms with E-state index in [2.05, 4.69) is 43.5 Å². The Morgan fingerprint density at radius 3 is 2.53 bits per heavy atom. The van der Waals surface area contributed by atoms with Crippen molar-refractivity contribution in [3.63, 3.8) is 0 Å². The van der Waals surface area contributed by atoms with E-state index in [9.17, 15) is 0 Å². The summed E-state index contributed by atoms with van der Waals surface area (Å²) in [5, 5.41) is 0. The average molecular weight is 291 g/mol. The van der Waals surface area contributed by atoms with Crippen molar-refractivity contribution >= 4 is 30.2 Å². The molecule has 0 spiro atoms. The van der Waals surface area contributed by atoms with Crippen molar-refractivity contribution in [3.05, 3.63) is 34.9 Å². The van der Waals surface area contributed by atoms with Gasteiger partial charge in [0.15, 0.2) is 0 Å². The summed E-state index contributed by atoms with van der Waals surface area (Å²) < 4.78 is 0. The topological polar surface area (TPSA) is 26.0 Å². The molecule has 0 bridgehead atoms. The van der Waals surface area contributed by atoms with Crippen molar-refractivity contribution in [2.45, 2.75) is 55.4 Å². The first-order chi connectivity index (χ1) is 9.18. The third kappa shape index (κ3) is 2.48. The van der Waals surface area contributed by atoms with Gasteiger partial charge in [0.25, 0.3) is 0 Å². The molecule has 0 aliphatic heterocycles. The summed E-state index contributed by atoms with van der Waals surface area (Å²) in [7, 11) is 0. The highest BCUT2D eigenvalue weighted by Crippen LogP contribution is 2.44. The summed E-state index contributed by atoms with van der Waals surface area (Å²) in [6.07, 6.45) is 9.71. The lowest BCUT2D eigenvalue weighted by atomic mass is 9.78. The second kappa shape index (κ2) is 5.55. The fraction of sp³-hybridized carbons (Fsp3) is 0.500. The quantitative estimate of drug-likeness (QED) is 0.643. The van der Waals surface area contributed by atoms with Gasteiger partial charge in [0.1, 0.15) is 0 Å². The van der Waals surface area contributed by atoms with Crippen molar-refractivity contribution in [1.82, 2.24) is 0 Å². The first-order valence-electron chi connectivity index (χ1n) is 7.19. The van der Waals surface area contributed by atoms with Gasteiger partial charge < -0.3 is 5.73 Å². The minimum Gasteiger partial charge on any atom is -0.324 e. The summed E-state index contributed by atoms with van der Waals surface area (Å²) in [6, 6.07) is 4.44. The molecule has 2 N–H and O–H groups in total. The zero-order chi connectivity index (χ0) is 13.4. The Balaban J connectivity index is 2.11. The predicted molar refractivity (Wildman–Crippen MR) is 88.0 cm³/mol. The second-order valence-electron chi connectivity index (χ2n) is 5.73. The van der Waals surface area contributed by atoms with Crippen LogP contribution in [0.4, 0.5) is 0 Å². The molecule has 1 atom stereocenters. The molecule has 1 fully saturated rings.